The van der Waals surface area contributed by atoms with E-state index < -0.39 is 11.4 Å². The molecule has 0 aliphatic carbocycles. The van der Waals surface area contributed by atoms with Crippen LogP contribution in [0.4, 0.5) is 4.79 Å². The van der Waals surface area contributed by atoms with Crippen LogP contribution in [0.1, 0.15) is 31.9 Å². The normalized spacial score (nSPS) is 22.9. The summed E-state index contributed by atoms with van der Waals surface area (Å²) in [4.78, 5) is 25.0. The first kappa shape index (κ1) is 15.8. The number of hydrogen-bond donors (Lipinski definition) is 2. The summed E-state index contributed by atoms with van der Waals surface area (Å²) in [5.41, 5.74) is 0.152. The minimum absolute atomic E-state index is 0.148. The van der Waals surface area contributed by atoms with Crippen LogP contribution in [0, 0.1) is 5.41 Å². The zero-order chi connectivity index (χ0) is 15.6. The first-order valence-corrected chi connectivity index (χ1v) is 7.66. The zero-order valence-corrected chi connectivity index (χ0v) is 13.7. The van der Waals surface area contributed by atoms with Gasteiger partial charge >= 0.3 is 12.0 Å². The van der Waals surface area contributed by atoms with Gasteiger partial charge in [-0.1, -0.05) is 34.1 Å². The van der Waals surface area contributed by atoms with Crippen molar-refractivity contribution in [1.29, 1.82) is 0 Å². The average molecular weight is 355 g/mol. The van der Waals surface area contributed by atoms with Gasteiger partial charge in [0, 0.05) is 17.6 Å². The lowest BCUT2D eigenvalue weighted by atomic mass is 9.90. The van der Waals surface area contributed by atoms with Crippen LogP contribution in [0.2, 0.25) is 0 Å². The van der Waals surface area contributed by atoms with Crippen LogP contribution >= 0.6 is 15.9 Å². The minimum atomic E-state index is -0.850. The molecule has 0 radical (unpaired) electrons. The molecular weight excluding hydrogens is 336 g/mol. The second-order valence-electron chi connectivity index (χ2n) is 5.73. The van der Waals surface area contributed by atoms with Crippen molar-refractivity contribution in [1.82, 2.24) is 10.2 Å². The highest BCUT2D eigenvalue weighted by Crippen LogP contribution is 2.30. The predicted octanol–water partition coefficient (Wildman–Crippen LogP) is 3.02. The lowest BCUT2D eigenvalue weighted by Gasteiger charge is -2.23. The number of carbonyl (C=O) groups is 2. The highest BCUT2D eigenvalue weighted by molar-refractivity contribution is 9.10. The lowest BCUT2D eigenvalue weighted by molar-refractivity contribution is -0.146. The summed E-state index contributed by atoms with van der Waals surface area (Å²) in [5, 5.41) is 12.1. The molecule has 1 aromatic carbocycles. The number of carboxylic acid groups (broad SMARTS) is 1. The lowest BCUT2D eigenvalue weighted by Crippen LogP contribution is -2.41. The molecule has 1 aliphatic rings. The van der Waals surface area contributed by atoms with Gasteiger partial charge < -0.3 is 15.3 Å². The monoisotopic (exact) mass is 354 g/mol. The van der Waals surface area contributed by atoms with Gasteiger partial charge in [-0.15, -0.1) is 0 Å². The Balaban J connectivity index is 2.00. The summed E-state index contributed by atoms with van der Waals surface area (Å²) in [7, 11) is 0. The van der Waals surface area contributed by atoms with Crippen LogP contribution in [-0.4, -0.2) is 35.1 Å². The van der Waals surface area contributed by atoms with Gasteiger partial charge in [0.25, 0.3) is 0 Å². The summed E-state index contributed by atoms with van der Waals surface area (Å²) in [6, 6.07) is 7.34. The molecule has 2 amide bonds. The fourth-order valence-electron chi connectivity index (χ4n) is 2.49. The van der Waals surface area contributed by atoms with Crippen LogP contribution in [-0.2, 0) is 4.79 Å². The number of rotatable bonds is 3. The number of aliphatic carboxylic acids is 1. The maximum absolute atomic E-state index is 12.3. The standard InChI is InChI=1S/C15H19BrN2O3/c1-10(11-5-3-4-6-12(11)16)17-14(21)18-8-7-15(2,9-18)13(19)20/h3-6,10H,7-9H2,1-2H3,(H,17,21)(H,19,20). The van der Waals surface area contributed by atoms with E-state index in [0.717, 1.165) is 10.0 Å². The number of carbonyl (C=O) groups excluding carboxylic acids is 1. The van der Waals surface area contributed by atoms with E-state index in [-0.39, 0.29) is 18.6 Å². The van der Waals surface area contributed by atoms with Crippen molar-refractivity contribution in [3.63, 3.8) is 0 Å². The first-order valence-electron chi connectivity index (χ1n) is 6.87. The molecule has 21 heavy (non-hydrogen) atoms. The number of urea groups is 1. The maximum Gasteiger partial charge on any atom is 0.317 e. The van der Waals surface area contributed by atoms with E-state index in [9.17, 15) is 14.7 Å². The van der Waals surface area contributed by atoms with Gasteiger partial charge in [-0.25, -0.2) is 4.79 Å². The number of amides is 2. The highest BCUT2D eigenvalue weighted by atomic mass is 79.9. The quantitative estimate of drug-likeness (QED) is 0.876. The Bertz CT molecular complexity index is 564. The molecule has 1 aliphatic heterocycles. The Morgan fingerprint density at radius 2 is 2.10 bits per heavy atom. The molecule has 2 unspecified atom stereocenters. The average Bonchev–Trinajstić information content (AvgIpc) is 2.83. The molecule has 1 fully saturated rings. The van der Waals surface area contributed by atoms with E-state index in [2.05, 4.69) is 21.2 Å². The summed E-state index contributed by atoms with van der Waals surface area (Å²) in [6.07, 6.45) is 0.485. The van der Waals surface area contributed by atoms with Crippen LogP contribution in [0.15, 0.2) is 28.7 Å². The molecule has 1 aromatic rings. The Hall–Kier alpha value is -1.56. The SMILES string of the molecule is CC(NC(=O)N1CCC(C)(C(=O)O)C1)c1ccccc1Br. The molecule has 2 N–H and O–H groups in total. The van der Waals surface area contributed by atoms with E-state index in [4.69, 9.17) is 0 Å². The Kier molecular flexibility index (Phi) is 4.56. The summed E-state index contributed by atoms with van der Waals surface area (Å²) >= 11 is 3.46. The van der Waals surface area contributed by atoms with Crippen molar-refractivity contribution in [3.05, 3.63) is 34.3 Å². The Morgan fingerprint density at radius 3 is 2.67 bits per heavy atom. The van der Waals surface area contributed by atoms with E-state index >= 15 is 0 Å². The molecule has 1 heterocycles. The van der Waals surface area contributed by atoms with Gasteiger partial charge in [0.2, 0.25) is 0 Å². The smallest absolute Gasteiger partial charge is 0.317 e. The second kappa shape index (κ2) is 6.05. The molecule has 5 nitrogen and oxygen atoms in total. The summed E-state index contributed by atoms with van der Waals surface area (Å²) in [6.45, 7) is 4.30. The second-order valence-corrected chi connectivity index (χ2v) is 6.58. The van der Waals surface area contributed by atoms with Crippen molar-refractivity contribution < 1.29 is 14.7 Å². The van der Waals surface area contributed by atoms with Crippen LogP contribution in [0.5, 0.6) is 0 Å². The minimum Gasteiger partial charge on any atom is -0.481 e. The first-order chi connectivity index (χ1) is 9.83. The number of carboxylic acids is 1. The molecule has 1 saturated heterocycles. The van der Waals surface area contributed by atoms with Crippen LogP contribution < -0.4 is 5.32 Å². The number of hydrogen-bond acceptors (Lipinski definition) is 2. The van der Waals surface area contributed by atoms with Gasteiger partial charge in [0.15, 0.2) is 0 Å². The Labute approximate surface area is 132 Å². The molecule has 6 heteroatoms. The molecule has 2 atom stereocenters. The number of nitrogens with zero attached hydrogens (tertiary/aromatic N) is 1. The van der Waals surface area contributed by atoms with Gasteiger partial charge in [0.1, 0.15) is 0 Å². The van der Waals surface area contributed by atoms with Gasteiger partial charge in [-0.3, -0.25) is 4.79 Å². The largest absolute Gasteiger partial charge is 0.481 e. The van der Waals surface area contributed by atoms with E-state index in [1.165, 1.54) is 0 Å². The molecule has 2 rings (SSSR count). The van der Waals surface area contributed by atoms with Crippen LogP contribution in [0.3, 0.4) is 0 Å². The molecule has 0 saturated carbocycles. The van der Waals surface area contributed by atoms with E-state index in [1.807, 2.05) is 31.2 Å². The van der Waals surface area contributed by atoms with Crippen molar-refractivity contribution in [2.75, 3.05) is 13.1 Å². The zero-order valence-electron chi connectivity index (χ0n) is 12.1. The third-order valence-electron chi connectivity index (χ3n) is 3.99. The van der Waals surface area contributed by atoms with Gasteiger partial charge in [-0.2, -0.15) is 0 Å². The summed E-state index contributed by atoms with van der Waals surface area (Å²) < 4.78 is 0.939. The fourth-order valence-corrected chi connectivity index (χ4v) is 3.12. The molecule has 0 bridgehead atoms. The molecular formula is C15H19BrN2O3. The Morgan fingerprint density at radius 1 is 1.43 bits per heavy atom. The third kappa shape index (κ3) is 3.37. The van der Waals surface area contributed by atoms with Crippen LogP contribution in [0.25, 0.3) is 0 Å². The van der Waals surface area contributed by atoms with Crippen molar-refractivity contribution >= 4 is 27.9 Å². The number of nitrogens with one attached hydrogen (secondary N) is 1. The number of halogens is 1. The van der Waals surface area contributed by atoms with Gasteiger partial charge in [0.05, 0.1) is 11.5 Å². The van der Waals surface area contributed by atoms with Crippen molar-refractivity contribution in [2.24, 2.45) is 5.41 Å². The van der Waals surface area contributed by atoms with E-state index in [0.29, 0.717) is 13.0 Å². The van der Waals surface area contributed by atoms with E-state index in [1.54, 1.807) is 11.8 Å². The fraction of sp³-hybridized carbons (Fsp3) is 0.467. The van der Waals surface area contributed by atoms with Crippen molar-refractivity contribution in [3.8, 4) is 0 Å². The predicted molar refractivity (Wildman–Crippen MR) is 83.0 cm³/mol. The maximum atomic E-state index is 12.3. The highest BCUT2D eigenvalue weighted by Gasteiger charge is 2.42. The van der Waals surface area contributed by atoms with Gasteiger partial charge in [-0.05, 0) is 31.9 Å². The third-order valence-corrected chi connectivity index (χ3v) is 4.71. The number of benzene rings is 1. The number of likely N-dealkylation sites (tertiary alicyclic amines) is 1. The topological polar surface area (TPSA) is 69.6 Å². The van der Waals surface area contributed by atoms with Crippen molar-refractivity contribution in [2.45, 2.75) is 26.3 Å². The molecule has 0 spiro atoms. The molecule has 114 valence electrons. The molecule has 0 aromatic heterocycles. The summed E-state index contributed by atoms with van der Waals surface area (Å²) in [5.74, 6) is -0.850.